The third kappa shape index (κ3) is 4.58. The van der Waals surface area contributed by atoms with Crippen molar-refractivity contribution < 1.29 is 14.3 Å². The molecule has 1 N–H and O–H groups in total. The second-order valence-electron chi connectivity index (χ2n) is 10.8. The molecular formula is C28H29N7O3S2. The fourth-order valence-electron chi connectivity index (χ4n) is 5.41. The molecule has 0 saturated carbocycles. The average Bonchev–Trinajstić information content (AvgIpc) is 3.52. The second kappa shape index (κ2) is 9.95. The summed E-state index contributed by atoms with van der Waals surface area (Å²) >= 11 is 2.94. The highest BCUT2D eigenvalue weighted by Gasteiger charge is 2.33. The van der Waals surface area contributed by atoms with Crippen LogP contribution in [-0.2, 0) is 27.3 Å². The van der Waals surface area contributed by atoms with Gasteiger partial charge in [0.25, 0.3) is 0 Å². The second-order valence-corrected chi connectivity index (χ2v) is 12.7. The number of rotatable bonds is 5. The number of carbonyl (C=O) groups is 1. The number of anilines is 2. The van der Waals surface area contributed by atoms with Crippen LogP contribution in [0.15, 0.2) is 35.7 Å². The van der Waals surface area contributed by atoms with E-state index < -0.39 is 0 Å². The van der Waals surface area contributed by atoms with E-state index in [0.717, 1.165) is 68.2 Å². The minimum absolute atomic E-state index is 0.0976. The number of nitrogens with zero attached hydrogens (tertiary/aromatic N) is 6. The number of hydrogen-bond donors (Lipinski definition) is 1. The third-order valence-electron chi connectivity index (χ3n) is 7.33. The van der Waals surface area contributed by atoms with Crippen molar-refractivity contribution in [3.05, 3.63) is 47.3 Å². The Balaban J connectivity index is 1.26. The minimum atomic E-state index is -0.278. The van der Waals surface area contributed by atoms with E-state index >= 15 is 0 Å². The number of benzene rings is 1. The van der Waals surface area contributed by atoms with Crippen LogP contribution in [-0.4, -0.2) is 68.1 Å². The molecule has 6 heterocycles. The van der Waals surface area contributed by atoms with E-state index in [4.69, 9.17) is 19.4 Å². The van der Waals surface area contributed by atoms with Crippen LogP contribution in [0.5, 0.6) is 0 Å². The monoisotopic (exact) mass is 575 g/mol. The SMILES string of the molecule is Cc1cccc(NC(=O)CSc2nnc3c4sc5nc(N6CCOCC6)c6c(c5c4ncn23)CC(C)(C)OC6)c1. The molecule has 0 aliphatic carbocycles. The van der Waals surface area contributed by atoms with Crippen molar-refractivity contribution >= 4 is 66.6 Å². The molecule has 1 saturated heterocycles. The molecule has 1 amide bonds. The fourth-order valence-corrected chi connectivity index (χ4v) is 7.25. The number of thiophene rings is 1. The number of thioether (sulfide) groups is 1. The summed E-state index contributed by atoms with van der Waals surface area (Å²) in [6.45, 7) is 9.79. The molecule has 12 heteroatoms. The van der Waals surface area contributed by atoms with E-state index in [1.807, 2.05) is 35.6 Å². The van der Waals surface area contributed by atoms with E-state index in [1.165, 1.54) is 17.3 Å². The molecule has 2 aliphatic heterocycles. The minimum Gasteiger partial charge on any atom is -0.378 e. The van der Waals surface area contributed by atoms with Crippen LogP contribution in [0.4, 0.5) is 11.5 Å². The zero-order valence-electron chi connectivity index (χ0n) is 22.6. The highest BCUT2D eigenvalue weighted by atomic mass is 32.2. The molecule has 0 spiro atoms. The summed E-state index contributed by atoms with van der Waals surface area (Å²) in [7, 11) is 0. The van der Waals surface area contributed by atoms with Crippen LogP contribution in [0, 0.1) is 6.92 Å². The van der Waals surface area contributed by atoms with Crippen LogP contribution < -0.4 is 10.2 Å². The maximum absolute atomic E-state index is 12.6. The van der Waals surface area contributed by atoms with Gasteiger partial charge in [-0.25, -0.2) is 9.97 Å². The highest BCUT2D eigenvalue weighted by molar-refractivity contribution is 7.99. The molecule has 1 fully saturated rings. The Labute approximate surface area is 239 Å². The van der Waals surface area contributed by atoms with Gasteiger partial charge in [0.2, 0.25) is 5.91 Å². The van der Waals surface area contributed by atoms with Crippen LogP contribution in [0.25, 0.3) is 26.1 Å². The van der Waals surface area contributed by atoms with Crippen molar-refractivity contribution in [3.63, 3.8) is 0 Å². The summed E-state index contributed by atoms with van der Waals surface area (Å²) in [6, 6.07) is 7.75. The molecule has 7 rings (SSSR count). The van der Waals surface area contributed by atoms with Gasteiger partial charge in [-0.2, -0.15) is 0 Å². The quantitative estimate of drug-likeness (QED) is 0.301. The fraction of sp³-hybridized carbons (Fsp3) is 0.393. The summed E-state index contributed by atoms with van der Waals surface area (Å²) in [5.74, 6) is 1.10. The summed E-state index contributed by atoms with van der Waals surface area (Å²) in [4.78, 5) is 25.9. The van der Waals surface area contributed by atoms with Crippen LogP contribution in [0.1, 0.15) is 30.5 Å². The normalized spacial score (nSPS) is 17.0. The lowest BCUT2D eigenvalue weighted by atomic mass is 9.90. The van der Waals surface area contributed by atoms with Crippen molar-refractivity contribution in [1.82, 2.24) is 24.6 Å². The first-order chi connectivity index (χ1) is 19.4. The Morgan fingerprint density at radius 3 is 2.88 bits per heavy atom. The number of aryl methyl sites for hydroxylation is 1. The number of pyridine rings is 1. The topological polar surface area (TPSA) is 107 Å². The molecule has 5 aromatic rings. The maximum atomic E-state index is 12.6. The van der Waals surface area contributed by atoms with Crippen molar-refractivity contribution in [2.45, 2.75) is 44.6 Å². The number of carbonyl (C=O) groups excluding carboxylic acids is 1. The smallest absolute Gasteiger partial charge is 0.234 e. The van der Waals surface area contributed by atoms with Gasteiger partial charge in [-0.3, -0.25) is 9.20 Å². The van der Waals surface area contributed by atoms with E-state index in [1.54, 1.807) is 17.7 Å². The molecule has 0 radical (unpaired) electrons. The van der Waals surface area contributed by atoms with Gasteiger partial charge in [-0.15, -0.1) is 21.5 Å². The Hall–Kier alpha value is -3.32. The lowest BCUT2D eigenvalue weighted by Crippen LogP contribution is -2.39. The molecule has 206 valence electrons. The first-order valence-corrected chi connectivity index (χ1v) is 15.1. The maximum Gasteiger partial charge on any atom is 0.234 e. The first-order valence-electron chi connectivity index (χ1n) is 13.3. The summed E-state index contributed by atoms with van der Waals surface area (Å²) < 4.78 is 14.7. The van der Waals surface area contributed by atoms with Gasteiger partial charge in [-0.05, 0) is 44.0 Å². The van der Waals surface area contributed by atoms with Gasteiger partial charge in [0, 0.05) is 36.1 Å². The van der Waals surface area contributed by atoms with Crippen LogP contribution in [0.2, 0.25) is 0 Å². The first kappa shape index (κ1) is 25.6. The van der Waals surface area contributed by atoms with Gasteiger partial charge in [0.05, 0.1) is 36.7 Å². The van der Waals surface area contributed by atoms with Crippen molar-refractivity contribution in [1.29, 1.82) is 0 Å². The third-order valence-corrected chi connectivity index (χ3v) is 9.34. The number of fused-ring (bicyclic) bond motifs is 7. The molecule has 40 heavy (non-hydrogen) atoms. The predicted octanol–water partition coefficient (Wildman–Crippen LogP) is 4.61. The Morgan fingerprint density at radius 1 is 1.20 bits per heavy atom. The highest BCUT2D eigenvalue weighted by Crippen LogP contribution is 2.43. The molecule has 0 bridgehead atoms. The molecule has 1 aromatic carbocycles. The lowest BCUT2D eigenvalue weighted by molar-refractivity contribution is -0.113. The van der Waals surface area contributed by atoms with E-state index in [9.17, 15) is 4.79 Å². The number of nitrogens with one attached hydrogen (secondary N) is 1. The number of amides is 1. The predicted molar refractivity (Wildman–Crippen MR) is 158 cm³/mol. The number of ether oxygens (including phenoxy) is 2. The van der Waals surface area contributed by atoms with Gasteiger partial charge in [0.15, 0.2) is 10.8 Å². The number of aromatic nitrogens is 5. The van der Waals surface area contributed by atoms with Gasteiger partial charge >= 0.3 is 0 Å². The van der Waals surface area contributed by atoms with Crippen LogP contribution >= 0.6 is 23.1 Å². The molecule has 10 nitrogen and oxygen atoms in total. The summed E-state index contributed by atoms with van der Waals surface area (Å²) in [6.07, 6.45) is 2.54. The molecule has 0 atom stereocenters. The van der Waals surface area contributed by atoms with Gasteiger partial charge in [0.1, 0.15) is 21.7 Å². The standard InChI is InChI=1S/C28H29N7O3S2/c1-16-5-4-6-17(11-16)30-20(36)14-39-27-33-32-25-23-22(29-15-35(25)27)21-18-12-28(2,3)38-13-19(18)24(31-26(21)40-23)34-7-9-37-10-8-34/h4-6,11,15H,7-10,12-14H2,1-3H3,(H,30,36). The Morgan fingerprint density at radius 2 is 2.05 bits per heavy atom. The number of morpholine rings is 1. The van der Waals surface area contributed by atoms with Gasteiger partial charge in [-0.1, -0.05) is 23.9 Å². The van der Waals surface area contributed by atoms with Crippen molar-refractivity contribution in [3.8, 4) is 0 Å². The van der Waals surface area contributed by atoms with E-state index in [2.05, 4.69) is 34.3 Å². The molecule has 0 unspecified atom stereocenters. The molecular weight excluding hydrogens is 546 g/mol. The zero-order chi connectivity index (χ0) is 27.4. The molecule has 4 aromatic heterocycles. The molecule has 2 aliphatic rings. The Bertz CT molecular complexity index is 1770. The largest absolute Gasteiger partial charge is 0.378 e. The van der Waals surface area contributed by atoms with E-state index in [-0.39, 0.29) is 17.3 Å². The lowest BCUT2D eigenvalue weighted by Gasteiger charge is -2.36. The number of hydrogen-bond acceptors (Lipinski definition) is 10. The van der Waals surface area contributed by atoms with Crippen molar-refractivity contribution in [2.75, 3.05) is 42.3 Å². The zero-order valence-corrected chi connectivity index (χ0v) is 24.2. The van der Waals surface area contributed by atoms with E-state index in [0.29, 0.717) is 25.0 Å². The summed E-state index contributed by atoms with van der Waals surface area (Å²) in [5, 5.41) is 13.6. The van der Waals surface area contributed by atoms with Crippen LogP contribution in [0.3, 0.4) is 0 Å². The summed E-state index contributed by atoms with van der Waals surface area (Å²) in [5.41, 5.74) is 5.62. The van der Waals surface area contributed by atoms with Crippen molar-refractivity contribution in [2.24, 2.45) is 0 Å². The average molecular weight is 576 g/mol. The van der Waals surface area contributed by atoms with Gasteiger partial charge < -0.3 is 19.7 Å². The Kier molecular flexibility index (Phi) is 6.38.